The first kappa shape index (κ1) is 15.3. The van der Waals surface area contributed by atoms with E-state index in [1.807, 2.05) is 42.5 Å². The summed E-state index contributed by atoms with van der Waals surface area (Å²) in [5.74, 6) is 0.0210. The number of hydrogen-bond acceptors (Lipinski definition) is 3. The molecule has 0 bridgehead atoms. The van der Waals surface area contributed by atoms with Gasteiger partial charge >= 0.3 is 5.97 Å². The van der Waals surface area contributed by atoms with Crippen LogP contribution in [-0.4, -0.2) is 19.0 Å². The molecule has 2 aromatic carbocycles. The lowest BCUT2D eigenvalue weighted by Crippen LogP contribution is -2.24. The van der Waals surface area contributed by atoms with Crippen molar-refractivity contribution in [2.45, 2.75) is 19.4 Å². The minimum Gasteiger partial charge on any atom is -0.465 e. The molecule has 2 aromatic rings. The molecule has 1 saturated carbocycles. The first-order valence-electron chi connectivity index (χ1n) is 7.73. The highest BCUT2D eigenvalue weighted by molar-refractivity contribution is 5.97. The van der Waals surface area contributed by atoms with E-state index in [0.29, 0.717) is 12.1 Å². The van der Waals surface area contributed by atoms with Gasteiger partial charge in [-0.15, -0.1) is 0 Å². The maximum absolute atomic E-state index is 11.9. The Balaban J connectivity index is 1.74. The topological polar surface area (TPSA) is 55.4 Å². The van der Waals surface area contributed by atoms with Gasteiger partial charge in [0.2, 0.25) is 5.91 Å². The summed E-state index contributed by atoms with van der Waals surface area (Å²) in [5.41, 5.74) is 3.37. The molecule has 1 N–H and O–H groups in total. The van der Waals surface area contributed by atoms with E-state index in [2.05, 4.69) is 5.32 Å². The zero-order chi connectivity index (χ0) is 16.2. The van der Waals surface area contributed by atoms with Gasteiger partial charge in [0.15, 0.2) is 0 Å². The zero-order valence-electron chi connectivity index (χ0n) is 13.0. The molecule has 1 aliphatic rings. The van der Waals surface area contributed by atoms with Gasteiger partial charge in [-0.3, -0.25) is 4.79 Å². The molecule has 0 unspecified atom stereocenters. The van der Waals surface area contributed by atoms with Gasteiger partial charge in [-0.1, -0.05) is 42.5 Å². The highest BCUT2D eigenvalue weighted by atomic mass is 16.5. The molecule has 4 nitrogen and oxygen atoms in total. The minimum atomic E-state index is -0.346. The zero-order valence-corrected chi connectivity index (χ0v) is 13.0. The summed E-state index contributed by atoms with van der Waals surface area (Å²) in [4.78, 5) is 23.5. The monoisotopic (exact) mass is 309 g/mol. The number of carbonyl (C=O) groups excluding carboxylic acids is 2. The SMILES string of the molecule is COC(=O)c1ccccc1-c1ccc(CNC(=O)C2CC2)cc1. The number of benzene rings is 2. The van der Waals surface area contributed by atoms with Crippen molar-refractivity contribution in [1.82, 2.24) is 5.32 Å². The number of nitrogens with one attached hydrogen (secondary N) is 1. The standard InChI is InChI=1S/C19H19NO3/c1-23-19(22)17-5-3-2-4-16(17)14-8-6-13(7-9-14)12-20-18(21)15-10-11-15/h2-9,15H,10-12H2,1H3,(H,20,21). The van der Waals surface area contributed by atoms with Crippen LogP contribution in [0.3, 0.4) is 0 Å². The van der Waals surface area contributed by atoms with Crippen LogP contribution in [0.15, 0.2) is 48.5 Å². The lowest BCUT2D eigenvalue weighted by molar-refractivity contribution is -0.122. The van der Waals surface area contributed by atoms with Crippen molar-refractivity contribution in [3.8, 4) is 11.1 Å². The molecule has 0 radical (unpaired) electrons. The normalized spacial score (nSPS) is 13.4. The number of amides is 1. The van der Waals surface area contributed by atoms with E-state index in [1.165, 1.54) is 7.11 Å². The third kappa shape index (κ3) is 3.59. The van der Waals surface area contributed by atoms with E-state index >= 15 is 0 Å². The first-order chi connectivity index (χ1) is 11.2. The largest absolute Gasteiger partial charge is 0.465 e. The molecule has 3 rings (SSSR count). The molecule has 0 atom stereocenters. The maximum Gasteiger partial charge on any atom is 0.338 e. The van der Waals surface area contributed by atoms with Crippen LogP contribution >= 0.6 is 0 Å². The van der Waals surface area contributed by atoms with Crippen molar-refractivity contribution >= 4 is 11.9 Å². The Morgan fingerprint density at radius 1 is 1.09 bits per heavy atom. The minimum absolute atomic E-state index is 0.144. The molecule has 1 fully saturated rings. The van der Waals surface area contributed by atoms with Crippen LogP contribution in [0.25, 0.3) is 11.1 Å². The van der Waals surface area contributed by atoms with E-state index in [9.17, 15) is 9.59 Å². The fraction of sp³-hybridized carbons (Fsp3) is 0.263. The molecule has 0 aliphatic heterocycles. The van der Waals surface area contributed by atoms with E-state index in [0.717, 1.165) is 29.5 Å². The highest BCUT2D eigenvalue weighted by Crippen LogP contribution is 2.29. The highest BCUT2D eigenvalue weighted by Gasteiger charge is 2.29. The molecular weight excluding hydrogens is 290 g/mol. The number of methoxy groups -OCH3 is 1. The average molecular weight is 309 g/mol. The van der Waals surface area contributed by atoms with Crippen molar-refractivity contribution in [2.24, 2.45) is 5.92 Å². The Bertz CT molecular complexity index is 718. The molecule has 1 amide bonds. The molecule has 23 heavy (non-hydrogen) atoms. The summed E-state index contributed by atoms with van der Waals surface area (Å²) < 4.78 is 4.83. The van der Waals surface area contributed by atoms with Gasteiger partial charge in [-0.25, -0.2) is 4.79 Å². The van der Waals surface area contributed by atoms with E-state index in [1.54, 1.807) is 6.07 Å². The lowest BCUT2D eigenvalue weighted by Gasteiger charge is -2.09. The predicted molar refractivity (Wildman–Crippen MR) is 87.8 cm³/mol. The quantitative estimate of drug-likeness (QED) is 0.863. The smallest absolute Gasteiger partial charge is 0.338 e. The van der Waals surface area contributed by atoms with Crippen LogP contribution < -0.4 is 5.32 Å². The maximum atomic E-state index is 11.9. The number of esters is 1. The molecule has 4 heteroatoms. The summed E-state index contributed by atoms with van der Waals surface area (Å²) in [5, 5.41) is 2.95. The van der Waals surface area contributed by atoms with Gasteiger partial charge in [-0.05, 0) is 35.6 Å². The van der Waals surface area contributed by atoms with E-state index in [4.69, 9.17) is 4.74 Å². The summed E-state index contributed by atoms with van der Waals surface area (Å²) >= 11 is 0. The Hall–Kier alpha value is -2.62. The molecule has 118 valence electrons. The summed E-state index contributed by atoms with van der Waals surface area (Å²) in [6.07, 6.45) is 2.02. The molecular formula is C19H19NO3. The molecule has 0 spiro atoms. The van der Waals surface area contributed by atoms with Crippen LogP contribution in [0.5, 0.6) is 0 Å². The molecule has 0 aromatic heterocycles. The summed E-state index contributed by atoms with van der Waals surface area (Å²) in [6.45, 7) is 0.536. The van der Waals surface area contributed by atoms with Crippen LogP contribution in [0.1, 0.15) is 28.8 Å². The van der Waals surface area contributed by atoms with Crippen LogP contribution in [-0.2, 0) is 16.1 Å². The second-order valence-electron chi connectivity index (χ2n) is 5.73. The van der Waals surface area contributed by atoms with Crippen molar-refractivity contribution in [3.63, 3.8) is 0 Å². The van der Waals surface area contributed by atoms with E-state index in [-0.39, 0.29) is 17.8 Å². The summed E-state index contributed by atoms with van der Waals surface area (Å²) in [7, 11) is 1.38. The first-order valence-corrected chi connectivity index (χ1v) is 7.73. The molecule has 1 aliphatic carbocycles. The summed E-state index contributed by atoms with van der Waals surface area (Å²) in [6, 6.07) is 15.2. The fourth-order valence-electron chi connectivity index (χ4n) is 2.50. The number of hydrogen-bond donors (Lipinski definition) is 1. The third-order valence-electron chi connectivity index (χ3n) is 4.01. The van der Waals surface area contributed by atoms with Crippen molar-refractivity contribution in [3.05, 3.63) is 59.7 Å². The van der Waals surface area contributed by atoms with Gasteiger partial charge in [0, 0.05) is 12.5 Å². The Labute approximate surface area is 135 Å². The van der Waals surface area contributed by atoms with Gasteiger partial charge in [-0.2, -0.15) is 0 Å². The second-order valence-corrected chi connectivity index (χ2v) is 5.73. The Kier molecular flexibility index (Phi) is 4.42. The van der Waals surface area contributed by atoms with Crippen molar-refractivity contribution in [1.29, 1.82) is 0 Å². The molecule has 0 saturated heterocycles. The van der Waals surface area contributed by atoms with Gasteiger partial charge in [0.25, 0.3) is 0 Å². The van der Waals surface area contributed by atoms with Gasteiger partial charge in [0.1, 0.15) is 0 Å². The Morgan fingerprint density at radius 3 is 2.43 bits per heavy atom. The van der Waals surface area contributed by atoms with Crippen LogP contribution in [0.4, 0.5) is 0 Å². The number of carbonyl (C=O) groups is 2. The predicted octanol–water partition coefficient (Wildman–Crippen LogP) is 3.17. The van der Waals surface area contributed by atoms with Crippen molar-refractivity contribution in [2.75, 3.05) is 7.11 Å². The average Bonchev–Trinajstić information content (AvgIpc) is 3.44. The second kappa shape index (κ2) is 6.65. The number of ether oxygens (including phenoxy) is 1. The fourth-order valence-corrected chi connectivity index (χ4v) is 2.50. The van der Waals surface area contributed by atoms with Crippen molar-refractivity contribution < 1.29 is 14.3 Å². The lowest BCUT2D eigenvalue weighted by atomic mass is 9.98. The molecule has 0 heterocycles. The number of rotatable bonds is 5. The van der Waals surface area contributed by atoms with E-state index < -0.39 is 0 Å². The third-order valence-corrected chi connectivity index (χ3v) is 4.01. The van der Waals surface area contributed by atoms with Crippen LogP contribution in [0, 0.1) is 5.92 Å². The van der Waals surface area contributed by atoms with Gasteiger partial charge < -0.3 is 10.1 Å². The van der Waals surface area contributed by atoms with Gasteiger partial charge in [0.05, 0.1) is 12.7 Å². The van der Waals surface area contributed by atoms with Crippen LogP contribution in [0.2, 0.25) is 0 Å². The Morgan fingerprint density at radius 2 is 1.78 bits per heavy atom.